The third-order valence-corrected chi connectivity index (χ3v) is 3.55. The first-order chi connectivity index (χ1) is 8.09. The minimum atomic E-state index is 0.789. The summed E-state index contributed by atoms with van der Waals surface area (Å²) in [6.45, 7) is 10.6. The maximum Gasteiger partial charge on any atom is 0.0223 e. The molecular formula is C14H31N3. The predicted molar refractivity (Wildman–Crippen MR) is 75.5 cm³/mol. The van der Waals surface area contributed by atoms with Crippen molar-refractivity contribution in [3.63, 3.8) is 0 Å². The fraction of sp³-hybridized carbons (Fsp3) is 1.00. The molecule has 0 aromatic heterocycles. The Balaban J connectivity index is 2.09. The van der Waals surface area contributed by atoms with Crippen molar-refractivity contribution in [1.29, 1.82) is 0 Å². The van der Waals surface area contributed by atoms with Gasteiger partial charge in [0.2, 0.25) is 0 Å². The summed E-state index contributed by atoms with van der Waals surface area (Å²) in [6, 6.07) is 0.789. The molecule has 0 spiro atoms. The van der Waals surface area contributed by atoms with Gasteiger partial charge < -0.3 is 10.2 Å². The van der Waals surface area contributed by atoms with Crippen LogP contribution in [0, 0.1) is 5.92 Å². The Bertz CT molecular complexity index is 192. The summed E-state index contributed by atoms with van der Waals surface area (Å²) in [5.41, 5.74) is 0. The largest absolute Gasteiger partial charge is 0.315 e. The molecule has 3 heteroatoms. The fourth-order valence-corrected chi connectivity index (χ4v) is 2.56. The summed E-state index contributed by atoms with van der Waals surface area (Å²) < 4.78 is 0. The van der Waals surface area contributed by atoms with E-state index in [1.165, 1.54) is 45.4 Å². The van der Waals surface area contributed by atoms with Gasteiger partial charge in [0.1, 0.15) is 0 Å². The van der Waals surface area contributed by atoms with E-state index >= 15 is 0 Å². The van der Waals surface area contributed by atoms with Gasteiger partial charge in [0.25, 0.3) is 0 Å². The lowest BCUT2D eigenvalue weighted by molar-refractivity contribution is 0.208. The van der Waals surface area contributed by atoms with Gasteiger partial charge in [-0.1, -0.05) is 13.8 Å². The minimum absolute atomic E-state index is 0.789. The lowest BCUT2D eigenvalue weighted by atomic mass is 10.1. The van der Waals surface area contributed by atoms with Crippen molar-refractivity contribution in [2.75, 3.05) is 46.8 Å². The van der Waals surface area contributed by atoms with E-state index in [1.54, 1.807) is 0 Å². The Morgan fingerprint density at radius 3 is 2.71 bits per heavy atom. The summed E-state index contributed by atoms with van der Waals surface area (Å²) in [5.74, 6) is 0.816. The molecule has 1 aliphatic heterocycles. The molecule has 0 bridgehead atoms. The van der Waals surface area contributed by atoms with Crippen LogP contribution in [0.1, 0.15) is 33.1 Å². The quantitative estimate of drug-likeness (QED) is 0.652. The van der Waals surface area contributed by atoms with Crippen molar-refractivity contribution in [2.24, 2.45) is 5.92 Å². The van der Waals surface area contributed by atoms with Crippen LogP contribution in [0.3, 0.4) is 0 Å². The minimum Gasteiger partial charge on any atom is -0.315 e. The van der Waals surface area contributed by atoms with E-state index in [0.29, 0.717) is 0 Å². The first kappa shape index (κ1) is 14.9. The van der Waals surface area contributed by atoms with Crippen LogP contribution in [0.25, 0.3) is 0 Å². The SMILES string of the molecule is CC(C)CCNCCN1CCCC1CN(C)C. The van der Waals surface area contributed by atoms with Crippen molar-refractivity contribution in [1.82, 2.24) is 15.1 Å². The van der Waals surface area contributed by atoms with E-state index in [9.17, 15) is 0 Å². The highest BCUT2D eigenvalue weighted by molar-refractivity contribution is 4.81. The van der Waals surface area contributed by atoms with E-state index in [2.05, 4.69) is 43.1 Å². The molecule has 3 nitrogen and oxygen atoms in total. The first-order valence-corrected chi connectivity index (χ1v) is 7.19. The second-order valence-electron chi connectivity index (χ2n) is 6.03. The molecule has 1 heterocycles. The van der Waals surface area contributed by atoms with E-state index in [4.69, 9.17) is 0 Å². The van der Waals surface area contributed by atoms with Gasteiger partial charge in [-0.25, -0.2) is 0 Å². The normalized spacial score (nSPS) is 21.9. The monoisotopic (exact) mass is 241 g/mol. The van der Waals surface area contributed by atoms with Crippen LogP contribution in [0.4, 0.5) is 0 Å². The molecule has 1 rings (SSSR count). The van der Waals surface area contributed by atoms with E-state index in [1.807, 2.05) is 0 Å². The summed E-state index contributed by atoms with van der Waals surface area (Å²) >= 11 is 0. The lowest BCUT2D eigenvalue weighted by Crippen LogP contribution is -2.41. The Morgan fingerprint density at radius 2 is 2.06 bits per heavy atom. The Hall–Kier alpha value is -0.120. The van der Waals surface area contributed by atoms with Gasteiger partial charge in [0, 0.05) is 25.7 Å². The number of likely N-dealkylation sites (tertiary alicyclic amines) is 1. The summed E-state index contributed by atoms with van der Waals surface area (Å²) in [6.07, 6.45) is 4.05. The standard InChI is InChI=1S/C14H31N3/c1-13(2)7-8-15-9-11-17-10-5-6-14(17)12-16(3)4/h13-15H,5-12H2,1-4H3. The van der Waals surface area contributed by atoms with Crippen LogP contribution in [0.2, 0.25) is 0 Å². The summed E-state index contributed by atoms with van der Waals surface area (Å²) in [7, 11) is 4.36. The van der Waals surface area contributed by atoms with Gasteiger partial charge in [0.05, 0.1) is 0 Å². The Labute approximate surface area is 108 Å². The highest BCUT2D eigenvalue weighted by Crippen LogP contribution is 2.16. The molecule has 0 radical (unpaired) electrons. The molecular weight excluding hydrogens is 210 g/mol. The number of likely N-dealkylation sites (N-methyl/N-ethyl adjacent to an activating group) is 1. The smallest absolute Gasteiger partial charge is 0.0223 e. The fourth-order valence-electron chi connectivity index (χ4n) is 2.56. The van der Waals surface area contributed by atoms with Crippen molar-refractivity contribution in [2.45, 2.75) is 39.2 Å². The van der Waals surface area contributed by atoms with Crippen LogP contribution < -0.4 is 5.32 Å². The maximum absolute atomic E-state index is 3.56. The zero-order valence-electron chi connectivity index (χ0n) is 12.2. The molecule has 1 N–H and O–H groups in total. The van der Waals surface area contributed by atoms with Gasteiger partial charge in [-0.15, -0.1) is 0 Å². The van der Waals surface area contributed by atoms with Crippen molar-refractivity contribution in [3.05, 3.63) is 0 Å². The zero-order valence-corrected chi connectivity index (χ0v) is 12.2. The average Bonchev–Trinajstić information content (AvgIpc) is 2.64. The third-order valence-electron chi connectivity index (χ3n) is 3.55. The van der Waals surface area contributed by atoms with Gasteiger partial charge in [-0.05, 0) is 52.4 Å². The van der Waals surface area contributed by atoms with Crippen LogP contribution in [-0.4, -0.2) is 62.7 Å². The molecule has 0 aromatic carbocycles. The third kappa shape index (κ3) is 6.39. The van der Waals surface area contributed by atoms with Crippen LogP contribution in [0.5, 0.6) is 0 Å². The summed E-state index contributed by atoms with van der Waals surface area (Å²) in [5, 5.41) is 3.56. The van der Waals surface area contributed by atoms with E-state index in [0.717, 1.165) is 18.5 Å². The first-order valence-electron chi connectivity index (χ1n) is 7.19. The summed E-state index contributed by atoms with van der Waals surface area (Å²) in [4.78, 5) is 4.97. The second-order valence-corrected chi connectivity index (χ2v) is 6.03. The van der Waals surface area contributed by atoms with Crippen molar-refractivity contribution < 1.29 is 0 Å². The van der Waals surface area contributed by atoms with E-state index < -0.39 is 0 Å². The maximum atomic E-state index is 3.56. The van der Waals surface area contributed by atoms with Gasteiger partial charge in [-0.2, -0.15) is 0 Å². The topological polar surface area (TPSA) is 18.5 Å². The molecule has 0 aromatic rings. The van der Waals surface area contributed by atoms with Gasteiger partial charge in [-0.3, -0.25) is 4.90 Å². The average molecular weight is 241 g/mol. The molecule has 1 unspecified atom stereocenters. The molecule has 17 heavy (non-hydrogen) atoms. The molecule has 0 aliphatic carbocycles. The molecule has 102 valence electrons. The zero-order chi connectivity index (χ0) is 12.7. The number of nitrogens with zero attached hydrogens (tertiary/aromatic N) is 2. The Kier molecular flexibility index (Phi) is 7.09. The number of nitrogens with one attached hydrogen (secondary N) is 1. The van der Waals surface area contributed by atoms with Crippen molar-refractivity contribution in [3.8, 4) is 0 Å². The van der Waals surface area contributed by atoms with Gasteiger partial charge in [0.15, 0.2) is 0 Å². The molecule has 1 saturated heterocycles. The molecule has 1 fully saturated rings. The molecule has 0 amide bonds. The lowest BCUT2D eigenvalue weighted by Gasteiger charge is -2.27. The highest BCUT2D eigenvalue weighted by atomic mass is 15.2. The van der Waals surface area contributed by atoms with Crippen LogP contribution in [-0.2, 0) is 0 Å². The number of hydrogen-bond acceptors (Lipinski definition) is 3. The number of rotatable bonds is 8. The Morgan fingerprint density at radius 1 is 1.29 bits per heavy atom. The molecule has 1 atom stereocenters. The van der Waals surface area contributed by atoms with Gasteiger partial charge >= 0.3 is 0 Å². The molecule has 0 saturated carbocycles. The predicted octanol–water partition coefficient (Wildman–Crippen LogP) is 1.65. The second kappa shape index (κ2) is 8.06. The van der Waals surface area contributed by atoms with Crippen LogP contribution >= 0.6 is 0 Å². The highest BCUT2D eigenvalue weighted by Gasteiger charge is 2.23. The van der Waals surface area contributed by atoms with Crippen molar-refractivity contribution >= 4 is 0 Å². The van der Waals surface area contributed by atoms with Crippen LogP contribution in [0.15, 0.2) is 0 Å². The molecule has 1 aliphatic rings. The number of hydrogen-bond donors (Lipinski definition) is 1. The van der Waals surface area contributed by atoms with E-state index in [-0.39, 0.29) is 0 Å².